The van der Waals surface area contributed by atoms with E-state index in [1.54, 1.807) is 0 Å². The highest BCUT2D eigenvalue weighted by atomic mass is 16.4. The van der Waals surface area contributed by atoms with Crippen molar-refractivity contribution in [1.29, 1.82) is 0 Å². The fourth-order valence-corrected chi connectivity index (χ4v) is 2.67. The van der Waals surface area contributed by atoms with Crippen molar-refractivity contribution >= 4 is 16.9 Å². The third-order valence-corrected chi connectivity index (χ3v) is 3.40. The van der Waals surface area contributed by atoms with Crippen LogP contribution in [0.3, 0.4) is 0 Å². The highest BCUT2D eigenvalue weighted by molar-refractivity contribution is 6.04. The highest BCUT2D eigenvalue weighted by Gasteiger charge is 2.22. The molecule has 3 nitrogen and oxygen atoms in total. The maximum atomic E-state index is 11.8. The first-order valence-corrected chi connectivity index (χ1v) is 7.06. The number of nitrogens with zero attached hydrogens (tertiary/aromatic N) is 1. The normalized spacial score (nSPS) is 11.5. The van der Waals surface area contributed by atoms with Crippen molar-refractivity contribution in [2.45, 2.75) is 40.0 Å². The second-order valence-electron chi connectivity index (χ2n) is 5.92. The summed E-state index contributed by atoms with van der Waals surface area (Å²) < 4.78 is 0. The standard InChI is InChI=1S/C17H21NO2/c1-10(2)9-14-15(11(3)4)16(17(19)20)12-7-5-6-8-13(12)18-14/h5-8,10-11H,9H2,1-4H3,(H,19,20). The van der Waals surface area contributed by atoms with E-state index >= 15 is 0 Å². The molecule has 0 aliphatic rings. The Morgan fingerprint density at radius 1 is 1.20 bits per heavy atom. The maximum Gasteiger partial charge on any atom is 0.336 e. The van der Waals surface area contributed by atoms with Crippen LogP contribution in [0.15, 0.2) is 24.3 Å². The molecule has 0 radical (unpaired) electrons. The molecular formula is C17H21NO2. The van der Waals surface area contributed by atoms with E-state index in [0.717, 1.165) is 28.6 Å². The Balaban J connectivity index is 2.84. The van der Waals surface area contributed by atoms with Gasteiger partial charge in [0.2, 0.25) is 0 Å². The molecule has 0 saturated carbocycles. The predicted molar refractivity (Wildman–Crippen MR) is 81.3 cm³/mol. The molecule has 0 atom stereocenters. The second kappa shape index (κ2) is 5.61. The molecule has 0 bridgehead atoms. The molecule has 2 rings (SSSR count). The predicted octanol–water partition coefficient (Wildman–Crippen LogP) is 4.25. The Kier molecular flexibility index (Phi) is 4.07. The summed E-state index contributed by atoms with van der Waals surface area (Å²) in [6.45, 7) is 8.31. The summed E-state index contributed by atoms with van der Waals surface area (Å²) in [4.78, 5) is 16.5. The number of hydrogen-bond acceptors (Lipinski definition) is 2. The number of hydrogen-bond donors (Lipinski definition) is 1. The lowest BCUT2D eigenvalue weighted by atomic mass is 9.89. The van der Waals surface area contributed by atoms with E-state index < -0.39 is 5.97 Å². The fraction of sp³-hybridized carbons (Fsp3) is 0.412. The van der Waals surface area contributed by atoms with Gasteiger partial charge in [-0.2, -0.15) is 0 Å². The minimum atomic E-state index is -0.864. The van der Waals surface area contributed by atoms with Gasteiger partial charge >= 0.3 is 5.97 Å². The number of carbonyl (C=O) groups is 1. The molecule has 106 valence electrons. The molecule has 0 spiro atoms. The molecule has 1 N–H and O–H groups in total. The van der Waals surface area contributed by atoms with Crippen molar-refractivity contribution in [3.05, 3.63) is 41.1 Å². The SMILES string of the molecule is CC(C)Cc1nc2ccccc2c(C(=O)O)c1C(C)C. The molecule has 0 amide bonds. The van der Waals surface area contributed by atoms with Crippen LogP contribution in [0, 0.1) is 5.92 Å². The Hall–Kier alpha value is -1.90. The van der Waals surface area contributed by atoms with Crippen LogP contribution >= 0.6 is 0 Å². The Morgan fingerprint density at radius 3 is 2.40 bits per heavy atom. The number of aromatic carboxylic acids is 1. The zero-order valence-electron chi connectivity index (χ0n) is 12.5. The van der Waals surface area contributed by atoms with Crippen molar-refractivity contribution < 1.29 is 9.90 Å². The zero-order valence-corrected chi connectivity index (χ0v) is 12.5. The Labute approximate surface area is 119 Å². The summed E-state index contributed by atoms with van der Waals surface area (Å²) in [5.74, 6) is -0.271. The van der Waals surface area contributed by atoms with E-state index in [9.17, 15) is 9.90 Å². The van der Waals surface area contributed by atoms with E-state index in [-0.39, 0.29) is 5.92 Å². The van der Waals surface area contributed by atoms with Crippen molar-refractivity contribution in [2.75, 3.05) is 0 Å². The van der Waals surface area contributed by atoms with Crippen molar-refractivity contribution in [3.8, 4) is 0 Å². The molecule has 0 saturated heterocycles. The van der Waals surface area contributed by atoms with Gasteiger partial charge in [0, 0.05) is 11.1 Å². The summed E-state index contributed by atoms with van der Waals surface area (Å²) in [6, 6.07) is 7.49. The van der Waals surface area contributed by atoms with E-state index in [4.69, 9.17) is 4.98 Å². The van der Waals surface area contributed by atoms with Crippen LogP contribution in [0.4, 0.5) is 0 Å². The average molecular weight is 271 g/mol. The molecular weight excluding hydrogens is 250 g/mol. The van der Waals surface area contributed by atoms with Gasteiger partial charge in [-0.15, -0.1) is 0 Å². The van der Waals surface area contributed by atoms with Crippen LogP contribution in [-0.2, 0) is 6.42 Å². The molecule has 1 aromatic heterocycles. The highest BCUT2D eigenvalue weighted by Crippen LogP contribution is 2.30. The van der Waals surface area contributed by atoms with E-state index in [1.165, 1.54) is 0 Å². The Morgan fingerprint density at radius 2 is 1.85 bits per heavy atom. The van der Waals surface area contributed by atoms with Crippen molar-refractivity contribution in [2.24, 2.45) is 5.92 Å². The zero-order chi connectivity index (χ0) is 14.9. The van der Waals surface area contributed by atoms with Crippen LogP contribution in [0.1, 0.15) is 55.2 Å². The van der Waals surface area contributed by atoms with Gasteiger partial charge in [0.25, 0.3) is 0 Å². The molecule has 2 aromatic rings. The first kappa shape index (κ1) is 14.5. The van der Waals surface area contributed by atoms with E-state index in [2.05, 4.69) is 13.8 Å². The number of pyridine rings is 1. The summed E-state index contributed by atoms with van der Waals surface area (Å²) in [6.07, 6.45) is 0.804. The number of fused-ring (bicyclic) bond motifs is 1. The Bertz CT molecular complexity index is 645. The average Bonchev–Trinajstić information content (AvgIpc) is 2.35. The topological polar surface area (TPSA) is 50.2 Å². The van der Waals surface area contributed by atoms with Gasteiger partial charge in [-0.1, -0.05) is 45.9 Å². The summed E-state index contributed by atoms with van der Waals surface area (Å²) in [5.41, 5.74) is 2.99. The molecule has 0 aliphatic carbocycles. The number of rotatable bonds is 4. The lowest BCUT2D eigenvalue weighted by Crippen LogP contribution is -2.12. The first-order valence-electron chi connectivity index (χ1n) is 7.06. The smallest absolute Gasteiger partial charge is 0.336 e. The third-order valence-electron chi connectivity index (χ3n) is 3.40. The van der Waals surface area contributed by atoms with Crippen LogP contribution in [0.25, 0.3) is 10.9 Å². The monoisotopic (exact) mass is 271 g/mol. The van der Waals surface area contributed by atoms with Crippen LogP contribution < -0.4 is 0 Å². The summed E-state index contributed by atoms with van der Waals surface area (Å²) in [5, 5.41) is 10.4. The molecule has 3 heteroatoms. The van der Waals surface area contributed by atoms with Gasteiger partial charge in [-0.3, -0.25) is 4.98 Å². The lowest BCUT2D eigenvalue weighted by Gasteiger charge is -2.18. The maximum absolute atomic E-state index is 11.8. The van der Waals surface area contributed by atoms with Crippen molar-refractivity contribution in [1.82, 2.24) is 4.98 Å². The summed E-state index contributed by atoms with van der Waals surface area (Å²) in [7, 11) is 0. The van der Waals surface area contributed by atoms with Gasteiger partial charge in [0.1, 0.15) is 0 Å². The number of para-hydroxylation sites is 1. The third kappa shape index (κ3) is 2.67. The van der Waals surface area contributed by atoms with Gasteiger partial charge < -0.3 is 5.11 Å². The molecule has 0 aliphatic heterocycles. The van der Waals surface area contributed by atoms with Crippen LogP contribution in [-0.4, -0.2) is 16.1 Å². The number of aromatic nitrogens is 1. The fourth-order valence-electron chi connectivity index (χ4n) is 2.67. The van der Waals surface area contributed by atoms with E-state index in [0.29, 0.717) is 11.5 Å². The minimum absolute atomic E-state index is 0.145. The van der Waals surface area contributed by atoms with Crippen LogP contribution in [0.5, 0.6) is 0 Å². The van der Waals surface area contributed by atoms with Gasteiger partial charge in [0.15, 0.2) is 0 Å². The molecule has 20 heavy (non-hydrogen) atoms. The molecule has 0 unspecified atom stereocenters. The van der Waals surface area contributed by atoms with Crippen molar-refractivity contribution in [3.63, 3.8) is 0 Å². The first-order chi connectivity index (χ1) is 9.41. The van der Waals surface area contributed by atoms with E-state index in [1.807, 2.05) is 38.1 Å². The lowest BCUT2D eigenvalue weighted by molar-refractivity contribution is 0.0697. The summed E-state index contributed by atoms with van der Waals surface area (Å²) >= 11 is 0. The number of benzene rings is 1. The molecule has 0 fully saturated rings. The van der Waals surface area contributed by atoms with Gasteiger partial charge in [-0.25, -0.2) is 4.79 Å². The molecule has 1 aromatic carbocycles. The van der Waals surface area contributed by atoms with Crippen LogP contribution in [0.2, 0.25) is 0 Å². The molecule has 1 heterocycles. The number of carboxylic acids is 1. The minimum Gasteiger partial charge on any atom is -0.478 e. The van der Waals surface area contributed by atoms with Gasteiger partial charge in [0.05, 0.1) is 11.1 Å². The van der Waals surface area contributed by atoms with Gasteiger partial charge in [-0.05, 0) is 29.9 Å². The number of carboxylic acid groups (broad SMARTS) is 1. The largest absolute Gasteiger partial charge is 0.478 e. The second-order valence-corrected chi connectivity index (χ2v) is 5.92. The quantitative estimate of drug-likeness (QED) is 0.904.